The van der Waals surface area contributed by atoms with Crippen LogP contribution < -0.4 is 0 Å². The molecular formula is C22H32N4O. The molecule has 2 aromatic rings. The Balaban J connectivity index is 1.34. The van der Waals surface area contributed by atoms with Gasteiger partial charge in [-0.2, -0.15) is 0 Å². The summed E-state index contributed by atoms with van der Waals surface area (Å²) in [5, 5.41) is 1.28. The number of hydrogen-bond donors (Lipinski definition) is 0. The molecule has 2 saturated heterocycles. The van der Waals surface area contributed by atoms with Crippen LogP contribution in [0.4, 0.5) is 0 Å². The zero-order chi connectivity index (χ0) is 18.6. The van der Waals surface area contributed by atoms with E-state index in [1.807, 2.05) is 0 Å². The van der Waals surface area contributed by atoms with E-state index in [9.17, 15) is 4.79 Å². The van der Waals surface area contributed by atoms with Gasteiger partial charge in [-0.05, 0) is 49.9 Å². The minimum atomic E-state index is 0.165. The number of fused-ring (bicyclic) bond motifs is 1. The van der Waals surface area contributed by atoms with Gasteiger partial charge in [0.2, 0.25) is 5.91 Å². The molecule has 5 nitrogen and oxygen atoms in total. The molecule has 0 N–H and O–H groups in total. The van der Waals surface area contributed by atoms with Crippen molar-refractivity contribution in [3.8, 4) is 0 Å². The summed E-state index contributed by atoms with van der Waals surface area (Å²) in [6.45, 7) is 10.1. The van der Waals surface area contributed by atoms with Crippen LogP contribution in [-0.4, -0.2) is 71.0 Å². The van der Waals surface area contributed by atoms with E-state index in [0.717, 1.165) is 65.3 Å². The topological polar surface area (TPSA) is 31.7 Å². The average molecular weight is 369 g/mol. The number of hydrogen-bond acceptors (Lipinski definition) is 3. The number of likely N-dealkylation sites (tertiary alicyclic amines) is 1. The van der Waals surface area contributed by atoms with E-state index in [-0.39, 0.29) is 5.92 Å². The van der Waals surface area contributed by atoms with Crippen LogP contribution in [0.25, 0.3) is 10.9 Å². The van der Waals surface area contributed by atoms with Gasteiger partial charge in [0.05, 0.1) is 12.6 Å². The van der Waals surface area contributed by atoms with Crippen LogP contribution in [-0.2, 0) is 11.5 Å². The Hall–Kier alpha value is -1.85. The van der Waals surface area contributed by atoms with Gasteiger partial charge in [-0.25, -0.2) is 0 Å². The third-order valence-electron chi connectivity index (χ3n) is 6.11. The highest BCUT2D eigenvalue weighted by molar-refractivity contribution is 5.80. The average Bonchev–Trinajstić information content (AvgIpc) is 3.11. The second-order valence-corrected chi connectivity index (χ2v) is 8.07. The van der Waals surface area contributed by atoms with Gasteiger partial charge in [-0.3, -0.25) is 14.6 Å². The van der Waals surface area contributed by atoms with Crippen molar-refractivity contribution in [2.45, 2.75) is 32.9 Å². The lowest BCUT2D eigenvalue weighted by Crippen LogP contribution is -2.52. The van der Waals surface area contributed by atoms with Gasteiger partial charge in [0.25, 0.3) is 0 Å². The van der Waals surface area contributed by atoms with Crippen molar-refractivity contribution >= 4 is 16.8 Å². The summed E-state index contributed by atoms with van der Waals surface area (Å²) in [7, 11) is 0. The van der Waals surface area contributed by atoms with E-state index in [1.54, 1.807) is 0 Å². The van der Waals surface area contributed by atoms with E-state index < -0.39 is 0 Å². The SMILES string of the molecule is CCCN1CCN(C(=O)C2CCCN(Cn3ccc4ccccc43)C2)CC1. The molecule has 146 valence electrons. The maximum absolute atomic E-state index is 13.1. The molecule has 0 aliphatic carbocycles. The van der Waals surface area contributed by atoms with E-state index >= 15 is 0 Å². The summed E-state index contributed by atoms with van der Waals surface area (Å²) in [5.74, 6) is 0.548. The molecular weight excluding hydrogens is 336 g/mol. The van der Waals surface area contributed by atoms with Gasteiger partial charge < -0.3 is 9.47 Å². The summed E-state index contributed by atoms with van der Waals surface area (Å²) in [6, 6.07) is 10.7. The summed E-state index contributed by atoms with van der Waals surface area (Å²) >= 11 is 0. The van der Waals surface area contributed by atoms with Gasteiger partial charge in [-0.1, -0.05) is 25.1 Å². The Bertz CT molecular complexity index is 763. The number of nitrogens with zero attached hydrogens (tertiary/aromatic N) is 4. The Morgan fingerprint density at radius 3 is 2.67 bits per heavy atom. The van der Waals surface area contributed by atoms with Gasteiger partial charge in [0.1, 0.15) is 0 Å². The number of carbonyl (C=O) groups is 1. The van der Waals surface area contributed by atoms with Gasteiger partial charge in [-0.15, -0.1) is 0 Å². The molecule has 1 aromatic heterocycles. The van der Waals surface area contributed by atoms with Crippen LogP contribution in [0, 0.1) is 5.92 Å². The molecule has 2 aliphatic rings. The van der Waals surface area contributed by atoms with Crippen LogP contribution in [0.3, 0.4) is 0 Å². The largest absolute Gasteiger partial charge is 0.340 e. The number of amides is 1. The molecule has 2 fully saturated rings. The zero-order valence-corrected chi connectivity index (χ0v) is 16.5. The predicted octanol–water partition coefficient (Wildman–Crippen LogP) is 2.87. The molecule has 4 rings (SSSR count). The highest BCUT2D eigenvalue weighted by Crippen LogP contribution is 2.22. The normalized spacial score (nSPS) is 22.4. The fourth-order valence-corrected chi connectivity index (χ4v) is 4.63. The number of carbonyl (C=O) groups excluding carboxylic acids is 1. The third-order valence-corrected chi connectivity index (χ3v) is 6.11. The quantitative estimate of drug-likeness (QED) is 0.813. The van der Waals surface area contributed by atoms with Crippen LogP contribution >= 0.6 is 0 Å². The van der Waals surface area contributed by atoms with Crippen molar-refractivity contribution in [3.63, 3.8) is 0 Å². The molecule has 0 radical (unpaired) electrons. The number of piperazine rings is 1. The second kappa shape index (κ2) is 8.44. The molecule has 0 spiro atoms. The summed E-state index contributed by atoms with van der Waals surface area (Å²) in [5.41, 5.74) is 1.28. The van der Waals surface area contributed by atoms with Crippen molar-refractivity contribution in [2.75, 3.05) is 45.8 Å². The molecule has 2 aliphatic heterocycles. The minimum absolute atomic E-state index is 0.165. The van der Waals surface area contributed by atoms with Crippen LogP contribution in [0.1, 0.15) is 26.2 Å². The number of para-hydroxylation sites is 1. The lowest BCUT2D eigenvalue weighted by atomic mass is 9.96. The van der Waals surface area contributed by atoms with Gasteiger partial charge in [0.15, 0.2) is 0 Å². The lowest BCUT2D eigenvalue weighted by molar-refractivity contribution is -0.139. The minimum Gasteiger partial charge on any atom is -0.340 e. The second-order valence-electron chi connectivity index (χ2n) is 8.07. The summed E-state index contributed by atoms with van der Waals surface area (Å²) in [6.07, 6.45) is 5.52. The van der Waals surface area contributed by atoms with Crippen molar-refractivity contribution < 1.29 is 4.79 Å². The first-order valence-electron chi connectivity index (χ1n) is 10.5. The summed E-state index contributed by atoms with van der Waals surface area (Å²) in [4.78, 5) is 20.1. The Morgan fingerprint density at radius 1 is 1.04 bits per heavy atom. The molecule has 1 amide bonds. The Morgan fingerprint density at radius 2 is 1.85 bits per heavy atom. The maximum Gasteiger partial charge on any atom is 0.227 e. The third kappa shape index (κ3) is 4.19. The highest BCUT2D eigenvalue weighted by atomic mass is 16.2. The fourth-order valence-electron chi connectivity index (χ4n) is 4.63. The van der Waals surface area contributed by atoms with E-state index in [1.165, 1.54) is 17.3 Å². The first-order chi connectivity index (χ1) is 13.2. The molecule has 0 bridgehead atoms. The predicted molar refractivity (Wildman–Crippen MR) is 110 cm³/mol. The molecule has 5 heteroatoms. The molecule has 1 atom stereocenters. The lowest BCUT2D eigenvalue weighted by Gasteiger charge is -2.39. The Kier molecular flexibility index (Phi) is 5.79. The van der Waals surface area contributed by atoms with Gasteiger partial charge >= 0.3 is 0 Å². The first-order valence-corrected chi connectivity index (χ1v) is 10.5. The van der Waals surface area contributed by atoms with E-state index in [0.29, 0.717) is 5.91 Å². The maximum atomic E-state index is 13.1. The van der Waals surface area contributed by atoms with Crippen LogP contribution in [0.2, 0.25) is 0 Å². The number of rotatable bonds is 5. The van der Waals surface area contributed by atoms with Crippen molar-refractivity contribution in [1.29, 1.82) is 0 Å². The van der Waals surface area contributed by atoms with E-state index in [2.05, 4.69) is 62.7 Å². The summed E-state index contributed by atoms with van der Waals surface area (Å²) < 4.78 is 2.31. The van der Waals surface area contributed by atoms with Crippen LogP contribution in [0.15, 0.2) is 36.5 Å². The van der Waals surface area contributed by atoms with Crippen molar-refractivity contribution in [2.24, 2.45) is 5.92 Å². The monoisotopic (exact) mass is 368 g/mol. The van der Waals surface area contributed by atoms with Crippen molar-refractivity contribution in [3.05, 3.63) is 36.5 Å². The van der Waals surface area contributed by atoms with Crippen LogP contribution in [0.5, 0.6) is 0 Å². The van der Waals surface area contributed by atoms with Crippen molar-refractivity contribution in [1.82, 2.24) is 19.3 Å². The number of piperidine rings is 1. The molecule has 1 aromatic carbocycles. The highest BCUT2D eigenvalue weighted by Gasteiger charge is 2.31. The Labute approximate surface area is 162 Å². The van der Waals surface area contributed by atoms with Gasteiger partial charge in [0, 0.05) is 44.4 Å². The fraction of sp³-hybridized carbons (Fsp3) is 0.591. The zero-order valence-electron chi connectivity index (χ0n) is 16.5. The molecule has 1 unspecified atom stereocenters. The first kappa shape index (κ1) is 18.5. The molecule has 27 heavy (non-hydrogen) atoms. The standard InChI is InChI=1S/C22H32N4O/c1-2-10-23-13-15-25(16-14-23)22(27)20-7-5-11-24(17-20)18-26-12-9-19-6-3-4-8-21(19)26/h3-4,6,8-9,12,20H,2,5,7,10-11,13-18H2,1H3. The number of benzene rings is 1. The molecule has 0 saturated carbocycles. The number of aromatic nitrogens is 1. The van der Waals surface area contributed by atoms with E-state index in [4.69, 9.17) is 0 Å². The smallest absolute Gasteiger partial charge is 0.227 e. The molecule has 3 heterocycles.